The van der Waals surface area contributed by atoms with Crippen LogP contribution in [0.25, 0.3) is 10.9 Å². The number of nitrogens with one attached hydrogen (secondary N) is 4. The molecule has 3 heterocycles. The highest BCUT2D eigenvalue weighted by Crippen LogP contribution is 2.47. The number of amides is 5. The second-order valence-corrected chi connectivity index (χ2v) is 15.9. The smallest absolute Gasteiger partial charge is 0.257 e. The van der Waals surface area contributed by atoms with Crippen molar-refractivity contribution in [1.82, 2.24) is 20.5 Å². The molecule has 1 aliphatic carbocycles. The predicted octanol–water partition coefficient (Wildman–Crippen LogP) is 5.76. The van der Waals surface area contributed by atoms with Crippen LogP contribution in [0, 0.1) is 11.2 Å². The van der Waals surface area contributed by atoms with Gasteiger partial charge in [-0.15, -0.1) is 0 Å². The molecular weight excluding hydrogens is 810 g/mol. The van der Waals surface area contributed by atoms with Gasteiger partial charge in [-0.25, -0.2) is 4.39 Å². The topological polar surface area (TPSA) is 181 Å². The largest absolute Gasteiger partial charge is 0.495 e. The molecule has 0 radical (unpaired) electrons. The first-order chi connectivity index (χ1) is 30.6. The Bertz CT molecular complexity index is 2490. The van der Waals surface area contributed by atoms with Crippen molar-refractivity contribution in [3.05, 3.63) is 109 Å². The molecule has 63 heavy (non-hydrogen) atoms. The Labute approximate surface area is 363 Å². The number of anilines is 3. The van der Waals surface area contributed by atoms with Gasteiger partial charge in [0.2, 0.25) is 23.6 Å². The number of hydrogen-bond acceptors (Lipinski definition) is 11. The molecule has 15 nitrogen and oxygen atoms in total. The summed E-state index contributed by atoms with van der Waals surface area (Å²) in [5.41, 5.74) is 2.25. The molecule has 3 aliphatic rings. The molecule has 16 heteroatoms. The summed E-state index contributed by atoms with van der Waals surface area (Å²) in [4.78, 5) is 71.5. The van der Waals surface area contributed by atoms with Crippen molar-refractivity contribution < 1.29 is 42.6 Å². The van der Waals surface area contributed by atoms with Crippen LogP contribution >= 0.6 is 0 Å². The van der Waals surface area contributed by atoms with Crippen LogP contribution in [0.5, 0.6) is 23.0 Å². The van der Waals surface area contributed by atoms with Gasteiger partial charge in [-0.3, -0.25) is 39.2 Å². The lowest BCUT2D eigenvalue weighted by Gasteiger charge is -2.36. The molecule has 4 N–H and O–H groups in total. The van der Waals surface area contributed by atoms with Crippen LogP contribution in [-0.2, 0) is 24.0 Å². The number of pyridine rings is 1. The minimum absolute atomic E-state index is 0.117. The summed E-state index contributed by atoms with van der Waals surface area (Å²) in [7, 11) is 1.64. The lowest BCUT2D eigenvalue weighted by Crippen LogP contribution is -2.47. The number of ether oxygens (including phenoxy) is 3. The van der Waals surface area contributed by atoms with Crippen LogP contribution in [0.2, 0.25) is 0 Å². The molecular formula is C47H48FN7O8. The fraction of sp³-hybridized carbons (Fsp3) is 0.319. The zero-order chi connectivity index (χ0) is 43.9. The third-order valence-corrected chi connectivity index (χ3v) is 11.6. The number of piperazine rings is 1. The number of carbonyl (C=O) groups is 5. The molecule has 4 aromatic carbocycles. The zero-order valence-electron chi connectivity index (χ0n) is 34.8. The van der Waals surface area contributed by atoms with E-state index >= 15 is 0 Å². The third-order valence-electron chi connectivity index (χ3n) is 11.6. The number of benzene rings is 4. The molecule has 0 spiro atoms. The summed E-state index contributed by atoms with van der Waals surface area (Å²) in [6.45, 7) is 4.47. The van der Waals surface area contributed by atoms with Gasteiger partial charge in [0.25, 0.3) is 5.91 Å². The number of methoxy groups -OCH3 is 1. The second-order valence-electron chi connectivity index (χ2n) is 15.9. The molecule has 5 amide bonds. The number of halogens is 1. The molecule has 1 saturated carbocycles. The highest BCUT2D eigenvalue weighted by atomic mass is 19.1. The Morgan fingerprint density at radius 2 is 1.51 bits per heavy atom. The summed E-state index contributed by atoms with van der Waals surface area (Å²) in [6, 6.07) is 25.1. The lowest BCUT2D eigenvalue weighted by atomic mass is 9.90. The highest BCUT2D eigenvalue weighted by molar-refractivity contribution is 6.17. The number of rotatable bonds is 16. The Morgan fingerprint density at radius 3 is 2.16 bits per heavy atom. The van der Waals surface area contributed by atoms with Crippen LogP contribution in [0.1, 0.15) is 43.6 Å². The van der Waals surface area contributed by atoms with E-state index in [0.717, 1.165) is 61.3 Å². The van der Waals surface area contributed by atoms with Crippen molar-refractivity contribution in [3.63, 3.8) is 0 Å². The maximum Gasteiger partial charge on any atom is 0.257 e. The number of hydrogen-bond donors (Lipinski definition) is 4. The Balaban J connectivity index is 0.781. The van der Waals surface area contributed by atoms with E-state index in [1.165, 1.54) is 24.3 Å². The lowest BCUT2D eigenvalue weighted by molar-refractivity contribution is -0.134. The number of aromatic nitrogens is 1. The average molecular weight is 858 g/mol. The van der Waals surface area contributed by atoms with Gasteiger partial charge in [-0.1, -0.05) is 12.1 Å². The summed E-state index contributed by atoms with van der Waals surface area (Å²) in [5.74, 6) is -0.0229. The van der Waals surface area contributed by atoms with Crippen molar-refractivity contribution in [2.75, 3.05) is 68.5 Å². The maximum atomic E-state index is 13.3. The van der Waals surface area contributed by atoms with Gasteiger partial charge in [-0.2, -0.15) is 0 Å². The third kappa shape index (κ3) is 10.2. The molecule has 5 aromatic rings. The van der Waals surface area contributed by atoms with Crippen LogP contribution in [0.3, 0.4) is 0 Å². The van der Waals surface area contributed by atoms with E-state index in [-0.39, 0.29) is 30.2 Å². The van der Waals surface area contributed by atoms with Gasteiger partial charge in [0.1, 0.15) is 34.2 Å². The van der Waals surface area contributed by atoms with E-state index in [0.29, 0.717) is 66.6 Å². The molecule has 3 fully saturated rings. The SMILES string of the molecule is COc1cc2c(Oc3ccc(NC(=O)C4(C(=O)Nc5ccc(F)cc5)CC4)cc3)ccnc2cc1N1CCN(CCCNC(=O)COc2ccc(C3CCC(=O)NC3=O)cc2)CC1. The fourth-order valence-corrected chi connectivity index (χ4v) is 7.84. The molecule has 326 valence electrons. The first-order valence-corrected chi connectivity index (χ1v) is 21.0. The van der Waals surface area contributed by atoms with Crippen molar-refractivity contribution in [2.45, 2.75) is 38.0 Å². The quantitative estimate of drug-likeness (QED) is 0.0539. The van der Waals surface area contributed by atoms with Gasteiger partial charge in [-0.05, 0) is 117 Å². The maximum absolute atomic E-state index is 13.3. The molecule has 1 atom stereocenters. The molecule has 0 bridgehead atoms. The summed E-state index contributed by atoms with van der Waals surface area (Å²) >= 11 is 0. The number of carbonyl (C=O) groups excluding carboxylic acids is 5. The normalized spacial score (nSPS) is 17.0. The standard InChI is InChI=1S/C47H48FN7O8/c1-61-41-27-37-38(49-21-17-40(37)63-35-13-9-33(10-14-35)52-46(60)47(18-19-47)45(59)51-32-7-5-31(48)6-8-32)28-39(41)55-25-23-54(24-26-55)22-2-20-50-43(57)29-62-34-11-3-30(4-12-34)36-15-16-42(56)53-44(36)58/h3-14,17,21,27-28,36H,2,15-16,18-20,22-26,29H2,1H3,(H,50,57)(H,51,59)(H,52,60)(H,53,56,58). The first-order valence-electron chi connectivity index (χ1n) is 21.0. The minimum atomic E-state index is -1.18. The van der Waals surface area contributed by atoms with E-state index in [1.54, 1.807) is 67.9 Å². The summed E-state index contributed by atoms with van der Waals surface area (Å²) in [6.07, 6.45) is 4.10. The van der Waals surface area contributed by atoms with Crippen LogP contribution < -0.4 is 40.4 Å². The number of imide groups is 1. The molecule has 2 saturated heterocycles. The van der Waals surface area contributed by atoms with E-state index in [1.807, 2.05) is 12.1 Å². The Hall–Kier alpha value is -7.07. The summed E-state index contributed by atoms with van der Waals surface area (Å²) < 4.78 is 31.1. The fourth-order valence-electron chi connectivity index (χ4n) is 7.84. The number of fused-ring (bicyclic) bond motifs is 1. The van der Waals surface area contributed by atoms with Crippen LogP contribution in [0.15, 0.2) is 97.2 Å². The van der Waals surface area contributed by atoms with Crippen LogP contribution in [-0.4, -0.2) is 92.4 Å². The van der Waals surface area contributed by atoms with E-state index in [4.69, 9.17) is 14.2 Å². The van der Waals surface area contributed by atoms with Gasteiger partial charge in [0.15, 0.2) is 6.61 Å². The van der Waals surface area contributed by atoms with Crippen LogP contribution in [0.4, 0.5) is 21.5 Å². The zero-order valence-corrected chi connectivity index (χ0v) is 34.8. The van der Waals surface area contributed by atoms with Gasteiger partial charge in [0, 0.05) is 62.1 Å². The van der Waals surface area contributed by atoms with Gasteiger partial charge in [0.05, 0.1) is 24.2 Å². The minimum Gasteiger partial charge on any atom is -0.495 e. The van der Waals surface area contributed by atoms with E-state index in [9.17, 15) is 28.4 Å². The summed E-state index contributed by atoms with van der Waals surface area (Å²) in [5, 5.41) is 11.6. The molecule has 1 aromatic heterocycles. The monoisotopic (exact) mass is 857 g/mol. The van der Waals surface area contributed by atoms with Gasteiger partial charge < -0.3 is 35.1 Å². The first kappa shape index (κ1) is 42.6. The van der Waals surface area contributed by atoms with Crippen molar-refractivity contribution in [1.29, 1.82) is 0 Å². The van der Waals surface area contributed by atoms with Crippen molar-refractivity contribution in [2.24, 2.45) is 5.41 Å². The predicted molar refractivity (Wildman–Crippen MR) is 233 cm³/mol. The average Bonchev–Trinajstić information content (AvgIpc) is 4.12. The highest BCUT2D eigenvalue weighted by Gasteiger charge is 2.56. The Morgan fingerprint density at radius 1 is 0.841 bits per heavy atom. The number of nitrogens with zero attached hydrogens (tertiary/aromatic N) is 3. The van der Waals surface area contributed by atoms with Crippen molar-refractivity contribution >= 4 is 57.5 Å². The van der Waals surface area contributed by atoms with Crippen molar-refractivity contribution in [3.8, 4) is 23.0 Å². The number of piperidine rings is 1. The Kier molecular flexibility index (Phi) is 12.8. The molecule has 1 unspecified atom stereocenters. The second kappa shape index (κ2) is 18.9. The van der Waals surface area contributed by atoms with E-state index in [2.05, 4.69) is 36.1 Å². The van der Waals surface area contributed by atoms with Gasteiger partial charge >= 0.3 is 0 Å². The molecule has 2 aliphatic heterocycles. The van der Waals surface area contributed by atoms with E-state index < -0.39 is 23.0 Å². The molecule has 8 rings (SSSR count).